The Morgan fingerprint density at radius 3 is 2.68 bits per heavy atom. The minimum atomic E-state index is -3.01. The number of hydrogen-bond donors (Lipinski definition) is 1. The Hall–Kier alpha value is -3.15. The van der Waals surface area contributed by atoms with Crippen LogP contribution in [0.4, 0.5) is 22.6 Å². The topological polar surface area (TPSA) is 86.4 Å². The predicted molar refractivity (Wildman–Crippen MR) is 115 cm³/mol. The van der Waals surface area contributed by atoms with E-state index in [1.165, 1.54) is 23.5 Å². The van der Waals surface area contributed by atoms with E-state index in [0.29, 0.717) is 16.6 Å². The van der Waals surface area contributed by atoms with Gasteiger partial charge in [-0.05, 0) is 56.4 Å². The number of alkyl halides is 4. The molecule has 4 rings (SSSR count). The van der Waals surface area contributed by atoms with Crippen molar-refractivity contribution >= 4 is 28.2 Å². The third-order valence-electron chi connectivity index (χ3n) is 5.35. The molecule has 0 saturated carbocycles. The van der Waals surface area contributed by atoms with Gasteiger partial charge in [0, 0.05) is 4.88 Å². The van der Waals surface area contributed by atoms with Gasteiger partial charge in [-0.3, -0.25) is 9.48 Å². The van der Waals surface area contributed by atoms with Gasteiger partial charge in [0.2, 0.25) is 0 Å². The van der Waals surface area contributed by atoms with Crippen LogP contribution in [0.25, 0.3) is 0 Å². The zero-order chi connectivity index (χ0) is 24.4. The molecule has 34 heavy (non-hydrogen) atoms. The zero-order valence-corrected chi connectivity index (χ0v) is 18.9. The lowest BCUT2D eigenvalue weighted by atomic mass is 9.95. The zero-order valence-electron chi connectivity index (χ0n) is 18.1. The van der Waals surface area contributed by atoms with Gasteiger partial charge in [-0.2, -0.15) is 5.10 Å². The quantitative estimate of drug-likeness (QED) is 0.314. The van der Waals surface area contributed by atoms with Crippen molar-refractivity contribution in [3.05, 3.63) is 57.1 Å². The standard InChI is InChI=1S/C22H21F4N3O4S/c1-2-32-22(31)17-12-5-3-4-6-16(12)34-21(17)27-20(30)15-8-7-11(33-15)10-29-14(19(25)26)9-13(28-29)18(23)24/h7-9,18-19H,2-6,10H2,1H3,(H,27,30). The first-order valence-corrected chi connectivity index (χ1v) is 11.5. The molecule has 0 radical (unpaired) electrons. The van der Waals surface area contributed by atoms with Crippen molar-refractivity contribution in [2.45, 2.75) is 52.0 Å². The smallest absolute Gasteiger partial charge is 0.341 e. The van der Waals surface area contributed by atoms with Gasteiger partial charge in [0.1, 0.15) is 22.1 Å². The van der Waals surface area contributed by atoms with E-state index in [1.54, 1.807) is 6.92 Å². The Morgan fingerprint density at radius 1 is 1.21 bits per heavy atom. The summed E-state index contributed by atoms with van der Waals surface area (Å²) in [6.45, 7) is 1.53. The van der Waals surface area contributed by atoms with E-state index in [2.05, 4.69) is 10.4 Å². The summed E-state index contributed by atoms with van der Waals surface area (Å²) >= 11 is 1.32. The molecule has 1 N–H and O–H groups in total. The number of nitrogens with zero attached hydrogens (tertiary/aromatic N) is 2. The normalized spacial score (nSPS) is 13.4. The average molecular weight is 499 g/mol. The number of halogens is 4. The summed E-state index contributed by atoms with van der Waals surface area (Å²) in [7, 11) is 0. The molecule has 1 aliphatic rings. The molecule has 12 heteroatoms. The third-order valence-corrected chi connectivity index (χ3v) is 6.55. The Labute approximate surface area is 195 Å². The summed E-state index contributed by atoms with van der Waals surface area (Å²) in [4.78, 5) is 26.4. The van der Waals surface area contributed by atoms with Crippen molar-refractivity contribution in [2.24, 2.45) is 0 Å². The largest absolute Gasteiger partial charge is 0.462 e. The number of carbonyl (C=O) groups is 2. The van der Waals surface area contributed by atoms with E-state index in [1.807, 2.05) is 0 Å². The van der Waals surface area contributed by atoms with Gasteiger partial charge in [-0.15, -0.1) is 11.3 Å². The molecule has 7 nitrogen and oxygen atoms in total. The Kier molecular flexibility index (Phi) is 7.05. The first-order chi connectivity index (χ1) is 16.3. The molecule has 0 aliphatic heterocycles. The minimum Gasteiger partial charge on any atom is -0.462 e. The number of hydrogen-bond acceptors (Lipinski definition) is 6. The van der Waals surface area contributed by atoms with Crippen molar-refractivity contribution in [3.63, 3.8) is 0 Å². The summed E-state index contributed by atoms with van der Waals surface area (Å²) in [5.41, 5.74) is -0.216. The van der Waals surface area contributed by atoms with Gasteiger partial charge in [0.15, 0.2) is 5.76 Å². The van der Waals surface area contributed by atoms with Crippen molar-refractivity contribution in [1.29, 1.82) is 0 Å². The van der Waals surface area contributed by atoms with E-state index in [-0.39, 0.29) is 24.7 Å². The van der Waals surface area contributed by atoms with Gasteiger partial charge < -0.3 is 14.5 Å². The SMILES string of the molecule is CCOC(=O)c1c(NC(=O)c2ccc(Cn3nc(C(F)F)cc3C(F)F)o2)sc2c1CCCC2. The van der Waals surface area contributed by atoms with Crippen LogP contribution < -0.4 is 5.32 Å². The fourth-order valence-corrected chi connectivity index (χ4v) is 5.10. The molecule has 1 amide bonds. The van der Waals surface area contributed by atoms with Gasteiger partial charge in [0.25, 0.3) is 18.8 Å². The monoisotopic (exact) mass is 499 g/mol. The van der Waals surface area contributed by atoms with E-state index < -0.39 is 36.1 Å². The molecule has 0 spiro atoms. The second-order valence-corrected chi connectivity index (χ2v) is 8.71. The van der Waals surface area contributed by atoms with E-state index >= 15 is 0 Å². The summed E-state index contributed by atoms with van der Waals surface area (Å²) < 4.78 is 63.5. The fraction of sp³-hybridized carbons (Fsp3) is 0.409. The van der Waals surface area contributed by atoms with Crippen molar-refractivity contribution in [1.82, 2.24) is 9.78 Å². The molecule has 0 atom stereocenters. The predicted octanol–water partition coefficient (Wildman–Crippen LogP) is 5.77. The maximum Gasteiger partial charge on any atom is 0.341 e. The Bertz CT molecular complexity index is 1200. The summed E-state index contributed by atoms with van der Waals surface area (Å²) in [5, 5.41) is 6.57. The lowest BCUT2D eigenvalue weighted by Crippen LogP contribution is -2.15. The number of carbonyl (C=O) groups excluding carboxylic acids is 2. The number of anilines is 1. The highest BCUT2D eigenvalue weighted by atomic mass is 32.1. The van der Waals surface area contributed by atoms with Crippen LogP contribution in [0.2, 0.25) is 0 Å². The molecule has 3 aromatic rings. The number of rotatable bonds is 8. The number of esters is 1. The van der Waals surface area contributed by atoms with Crippen LogP contribution in [0.3, 0.4) is 0 Å². The van der Waals surface area contributed by atoms with Crippen LogP contribution in [-0.2, 0) is 24.1 Å². The molecular weight excluding hydrogens is 478 g/mol. The molecule has 3 aromatic heterocycles. The molecule has 0 aromatic carbocycles. The number of amides is 1. The average Bonchev–Trinajstić information content (AvgIpc) is 3.50. The van der Waals surface area contributed by atoms with Gasteiger partial charge in [-0.25, -0.2) is 22.4 Å². The van der Waals surface area contributed by atoms with Gasteiger partial charge in [-0.1, -0.05) is 0 Å². The number of furan rings is 1. The van der Waals surface area contributed by atoms with Gasteiger partial charge >= 0.3 is 5.97 Å². The number of thiophene rings is 1. The maximum atomic E-state index is 13.2. The first kappa shape index (κ1) is 24.0. The highest BCUT2D eigenvalue weighted by Gasteiger charge is 2.28. The van der Waals surface area contributed by atoms with E-state index in [4.69, 9.17) is 9.15 Å². The first-order valence-electron chi connectivity index (χ1n) is 10.6. The highest BCUT2D eigenvalue weighted by molar-refractivity contribution is 7.17. The summed E-state index contributed by atoms with van der Waals surface area (Å²) in [5.74, 6) is -1.20. The van der Waals surface area contributed by atoms with Crippen LogP contribution in [0.5, 0.6) is 0 Å². The fourth-order valence-electron chi connectivity index (χ4n) is 3.83. The van der Waals surface area contributed by atoms with E-state index in [9.17, 15) is 27.2 Å². The molecule has 182 valence electrons. The van der Waals surface area contributed by atoms with Gasteiger partial charge in [0.05, 0.1) is 18.7 Å². The summed E-state index contributed by atoms with van der Waals surface area (Å²) in [6, 6.07) is 3.35. The van der Waals surface area contributed by atoms with Crippen LogP contribution in [0, 0.1) is 0 Å². The second kappa shape index (κ2) is 10.00. The minimum absolute atomic E-state index is 0.0760. The summed E-state index contributed by atoms with van der Waals surface area (Å²) in [6.07, 6.45) is -2.55. The molecule has 0 fully saturated rings. The molecular formula is C22H21F4N3O4S. The molecule has 0 saturated heterocycles. The van der Waals surface area contributed by atoms with Crippen LogP contribution in [-0.4, -0.2) is 28.3 Å². The molecule has 0 unspecified atom stereocenters. The number of aromatic nitrogens is 2. The Balaban J connectivity index is 1.54. The lowest BCUT2D eigenvalue weighted by Gasteiger charge is -2.12. The molecule has 0 bridgehead atoms. The second-order valence-electron chi connectivity index (χ2n) is 7.61. The van der Waals surface area contributed by atoms with Crippen molar-refractivity contribution in [3.8, 4) is 0 Å². The lowest BCUT2D eigenvalue weighted by molar-refractivity contribution is 0.0526. The number of fused-ring (bicyclic) bond motifs is 1. The van der Waals surface area contributed by atoms with Crippen LogP contribution in [0.1, 0.15) is 81.1 Å². The molecule has 1 aliphatic carbocycles. The maximum absolute atomic E-state index is 13.2. The number of ether oxygens (including phenoxy) is 1. The molecule has 3 heterocycles. The third kappa shape index (κ3) is 4.86. The Morgan fingerprint density at radius 2 is 1.97 bits per heavy atom. The number of aryl methyl sites for hydroxylation is 1. The highest BCUT2D eigenvalue weighted by Crippen LogP contribution is 2.39. The van der Waals surface area contributed by atoms with Crippen LogP contribution in [0.15, 0.2) is 22.6 Å². The van der Waals surface area contributed by atoms with Crippen molar-refractivity contribution < 1.29 is 36.3 Å². The number of nitrogens with one attached hydrogen (secondary N) is 1. The van der Waals surface area contributed by atoms with Crippen molar-refractivity contribution in [2.75, 3.05) is 11.9 Å². The van der Waals surface area contributed by atoms with E-state index in [0.717, 1.165) is 40.8 Å². The van der Waals surface area contributed by atoms with Crippen LogP contribution >= 0.6 is 11.3 Å².